The first-order valence-electron chi connectivity index (χ1n) is 5.74. The molecular weight excluding hydrogens is 225 g/mol. The molecule has 1 aromatic rings. The van der Waals surface area contributed by atoms with Gasteiger partial charge in [0, 0.05) is 18.4 Å². The second-order valence-corrected chi connectivity index (χ2v) is 3.84. The van der Waals surface area contributed by atoms with Crippen LogP contribution in [0.5, 0.6) is 0 Å². The average Bonchev–Trinajstić information content (AvgIpc) is 2.38. The molecule has 0 atom stereocenters. The first-order valence-corrected chi connectivity index (χ1v) is 5.74. The zero-order valence-corrected chi connectivity index (χ0v) is 10.9. The van der Waals surface area contributed by atoms with Crippen LogP contribution in [-0.4, -0.2) is 11.9 Å². The van der Waals surface area contributed by atoms with E-state index in [1.807, 2.05) is 37.1 Å². The van der Waals surface area contributed by atoms with E-state index in [-0.39, 0.29) is 5.82 Å². The number of rotatable bonds is 5. The Labute approximate surface area is 108 Å². The number of benzene rings is 1. The molecule has 0 aromatic heterocycles. The van der Waals surface area contributed by atoms with E-state index in [1.165, 1.54) is 12.1 Å². The summed E-state index contributed by atoms with van der Waals surface area (Å²) >= 11 is 0. The van der Waals surface area contributed by atoms with Gasteiger partial charge in [-0.25, -0.2) is 4.39 Å². The predicted octanol–water partition coefficient (Wildman–Crippen LogP) is 4.37. The standard InChI is InChI=1S/C16H18FN/c1-5-7-16(8-6-2)18(4)13(3)14-9-11-15(17)12-10-14/h5-12H,1,3H2,2,4H3/b8-6-,16-7+. The van der Waals surface area contributed by atoms with Crippen LogP contribution >= 0.6 is 0 Å². The number of allylic oxidation sites excluding steroid dienone is 4. The van der Waals surface area contributed by atoms with E-state index in [0.29, 0.717) is 0 Å². The minimum Gasteiger partial charge on any atom is -0.345 e. The molecular formula is C16H18FN. The summed E-state index contributed by atoms with van der Waals surface area (Å²) in [4.78, 5) is 1.94. The van der Waals surface area contributed by atoms with Crippen LogP contribution in [0.3, 0.4) is 0 Å². The summed E-state index contributed by atoms with van der Waals surface area (Å²) in [5.41, 5.74) is 2.67. The summed E-state index contributed by atoms with van der Waals surface area (Å²) in [6.07, 6.45) is 7.54. The third-order valence-corrected chi connectivity index (χ3v) is 2.60. The Morgan fingerprint density at radius 3 is 2.39 bits per heavy atom. The second kappa shape index (κ2) is 6.60. The maximum Gasteiger partial charge on any atom is 0.123 e. The molecule has 94 valence electrons. The van der Waals surface area contributed by atoms with E-state index in [1.54, 1.807) is 18.2 Å². The van der Waals surface area contributed by atoms with Crippen molar-refractivity contribution >= 4 is 5.70 Å². The van der Waals surface area contributed by atoms with Gasteiger partial charge in [0.15, 0.2) is 0 Å². The molecule has 0 bridgehead atoms. The number of likely N-dealkylation sites (N-methyl/N-ethyl adjacent to an activating group) is 1. The first kappa shape index (κ1) is 14.0. The first-order chi connectivity index (χ1) is 8.60. The molecule has 0 saturated carbocycles. The Bertz CT molecular complexity index is 480. The molecule has 0 saturated heterocycles. The highest BCUT2D eigenvalue weighted by Gasteiger charge is 2.07. The summed E-state index contributed by atoms with van der Waals surface area (Å²) in [6.45, 7) is 9.68. The van der Waals surface area contributed by atoms with Crippen molar-refractivity contribution in [3.63, 3.8) is 0 Å². The Morgan fingerprint density at radius 1 is 1.28 bits per heavy atom. The molecule has 2 heteroatoms. The van der Waals surface area contributed by atoms with Gasteiger partial charge in [-0.05, 0) is 36.8 Å². The Kier molecular flexibility index (Phi) is 5.12. The molecule has 0 heterocycles. The monoisotopic (exact) mass is 243 g/mol. The van der Waals surface area contributed by atoms with Crippen molar-refractivity contribution < 1.29 is 4.39 Å². The highest BCUT2D eigenvalue weighted by molar-refractivity contribution is 5.63. The summed E-state index contributed by atoms with van der Waals surface area (Å²) in [5.74, 6) is -0.246. The van der Waals surface area contributed by atoms with Crippen molar-refractivity contribution in [2.45, 2.75) is 6.92 Å². The zero-order valence-electron chi connectivity index (χ0n) is 10.9. The van der Waals surface area contributed by atoms with Crippen LogP contribution in [0, 0.1) is 5.82 Å². The molecule has 0 amide bonds. The molecule has 0 aliphatic carbocycles. The van der Waals surface area contributed by atoms with Gasteiger partial charge in [0.2, 0.25) is 0 Å². The molecule has 0 fully saturated rings. The zero-order chi connectivity index (χ0) is 13.5. The van der Waals surface area contributed by atoms with Crippen LogP contribution in [0.2, 0.25) is 0 Å². The highest BCUT2D eigenvalue weighted by atomic mass is 19.1. The van der Waals surface area contributed by atoms with Crippen LogP contribution in [-0.2, 0) is 0 Å². The Balaban J connectivity index is 2.98. The lowest BCUT2D eigenvalue weighted by Gasteiger charge is -2.23. The fourth-order valence-electron chi connectivity index (χ4n) is 1.56. The van der Waals surface area contributed by atoms with Gasteiger partial charge < -0.3 is 4.90 Å². The van der Waals surface area contributed by atoms with E-state index in [4.69, 9.17) is 0 Å². The molecule has 0 N–H and O–H groups in total. The Hall–Kier alpha value is -2.09. The van der Waals surface area contributed by atoms with Gasteiger partial charge in [-0.15, -0.1) is 0 Å². The number of hydrogen-bond acceptors (Lipinski definition) is 1. The van der Waals surface area contributed by atoms with E-state index in [9.17, 15) is 4.39 Å². The molecule has 0 aliphatic rings. The molecule has 1 nitrogen and oxygen atoms in total. The van der Waals surface area contributed by atoms with Crippen molar-refractivity contribution in [1.29, 1.82) is 0 Å². The lowest BCUT2D eigenvalue weighted by molar-refractivity contribution is 0.614. The number of halogens is 1. The molecule has 0 unspecified atom stereocenters. The Morgan fingerprint density at radius 2 is 1.89 bits per heavy atom. The van der Waals surface area contributed by atoms with E-state index < -0.39 is 0 Å². The van der Waals surface area contributed by atoms with Crippen molar-refractivity contribution in [2.75, 3.05) is 7.05 Å². The second-order valence-electron chi connectivity index (χ2n) is 3.84. The molecule has 1 rings (SSSR count). The lowest BCUT2D eigenvalue weighted by atomic mass is 10.1. The molecule has 18 heavy (non-hydrogen) atoms. The van der Waals surface area contributed by atoms with Crippen LogP contribution in [0.1, 0.15) is 12.5 Å². The number of nitrogens with zero attached hydrogens (tertiary/aromatic N) is 1. The summed E-state index contributed by atoms with van der Waals surface area (Å²) < 4.78 is 12.9. The highest BCUT2D eigenvalue weighted by Crippen LogP contribution is 2.21. The van der Waals surface area contributed by atoms with Crippen LogP contribution in [0.15, 0.2) is 67.4 Å². The third kappa shape index (κ3) is 3.45. The minimum atomic E-state index is -0.246. The van der Waals surface area contributed by atoms with Crippen molar-refractivity contribution in [3.05, 3.63) is 78.8 Å². The molecule has 0 spiro atoms. The van der Waals surface area contributed by atoms with E-state index in [0.717, 1.165) is 17.0 Å². The number of hydrogen-bond donors (Lipinski definition) is 0. The third-order valence-electron chi connectivity index (χ3n) is 2.60. The normalized spacial score (nSPS) is 11.6. The van der Waals surface area contributed by atoms with Crippen LogP contribution < -0.4 is 0 Å². The van der Waals surface area contributed by atoms with Gasteiger partial charge in [0.25, 0.3) is 0 Å². The lowest BCUT2D eigenvalue weighted by Crippen LogP contribution is -2.14. The van der Waals surface area contributed by atoms with Gasteiger partial charge in [-0.1, -0.05) is 37.4 Å². The minimum absolute atomic E-state index is 0.246. The van der Waals surface area contributed by atoms with Crippen molar-refractivity contribution in [2.24, 2.45) is 0 Å². The maximum absolute atomic E-state index is 12.9. The van der Waals surface area contributed by atoms with Gasteiger partial charge >= 0.3 is 0 Å². The molecule has 1 aromatic carbocycles. The fraction of sp³-hybridized carbons (Fsp3) is 0.125. The SMILES string of the molecule is C=C/C=C(\C=C/C)N(C)C(=C)c1ccc(F)cc1. The summed E-state index contributed by atoms with van der Waals surface area (Å²) in [6, 6.07) is 6.30. The maximum atomic E-state index is 12.9. The van der Waals surface area contributed by atoms with Crippen molar-refractivity contribution in [3.8, 4) is 0 Å². The van der Waals surface area contributed by atoms with Gasteiger partial charge in [0.1, 0.15) is 5.82 Å². The van der Waals surface area contributed by atoms with E-state index >= 15 is 0 Å². The quantitative estimate of drug-likeness (QED) is 0.694. The van der Waals surface area contributed by atoms with Crippen molar-refractivity contribution in [1.82, 2.24) is 4.90 Å². The predicted molar refractivity (Wildman–Crippen MR) is 76.3 cm³/mol. The average molecular weight is 243 g/mol. The van der Waals surface area contributed by atoms with Gasteiger partial charge in [-0.2, -0.15) is 0 Å². The van der Waals surface area contributed by atoms with E-state index in [2.05, 4.69) is 13.2 Å². The smallest absolute Gasteiger partial charge is 0.123 e. The summed E-state index contributed by atoms with van der Waals surface area (Å²) in [5, 5.41) is 0. The fourth-order valence-corrected chi connectivity index (χ4v) is 1.56. The topological polar surface area (TPSA) is 3.24 Å². The largest absolute Gasteiger partial charge is 0.345 e. The van der Waals surface area contributed by atoms with Crippen LogP contribution in [0.25, 0.3) is 5.70 Å². The van der Waals surface area contributed by atoms with Crippen LogP contribution in [0.4, 0.5) is 4.39 Å². The van der Waals surface area contributed by atoms with Gasteiger partial charge in [0.05, 0.1) is 0 Å². The summed E-state index contributed by atoms with van der Waals surface area (Å²) in [7, 11) is 1.92. The molecule has 0 radical (unpaired) electrons. The van der Waals surface area contributed by atoms with Gasteiger partial charge in [-0.3, -0.25) is 0 Å². The molecule has 0 aliphatic heterocycles.